The lowest BCUT2D eigenvalue weighted by atomic mass is 10.2. The van der Waals surface area contributed by atoms with Crippen molar-refractivity contribution in [3.8, 4) is 0 Å². The summed E-state index contributed by atoms with van der Waals surface area (Å²) < 4.78 is 23.1. The molecule has 0 aromatic rings. The molecule has 0 aromatic carbocycles. The molecule has 0 saturated carbocycles. The van der Waals surface area contributed by atoms with Gasteiger partial charge in [-0.1, -0.05) is 13.8 Å². The molecule has 0 bridgehead atoms. The van der Waals surface area contributed by atoms with Crippen molar-refractivity contribution in [1.29, 1.82) is 0 Å². The molecule has 1 heterocycles. The van der Waals surface area contributed by atoms with Crippen LogP contribution in [0.1, 0.15) is 27.2 Å². The quantitative estimate of drug-likeness (QED) is 0.744. The third-order valence-corrected chi connectivity index (χ3v) is 5.26. The van der Waals surface area contributed by atoms with Crippen LogP contribution >= 0.6 is 0 Å². The number of sulfone groups is 1. The van der Waals surface area contributed by atoms with Gasteiger partial charge in [0.1, 0.15) is 0 Å². The summed E-state index contributed by atoms with van der Waals surface area (Å²) in [5.74, 6) is 0.341. The van der Waals surface area contributed by atoms with E-state index in [1.807, 2.05) is 20.8 Å². The van der Waals surface area contributed by atoms with Gasteiger partial charge >= 0.3 is 0 Å². The maximum Gasteiger partial charge on any atom is 0.237 e. The van der Waals surface area contributed by atoms with Gasteiger partial charge in [-0.3, -0.25) is 9.69 Å². The molecule has 1 aliphatic rings. The van der Waals surface area contributed by atoms with Crippen LogP contribution < -0.4 is 0 Å². The highest BCUT2D eigenvalue weighted by Crippen LogP contribution is 2.12. The predicted octanol–water partition coefficient (Wildman–Crippen LogP) is 0.364. The third kappa shape index (κ3) is 4.24. The number of hydrogen-bond acceptors (Lipinski definition) is 4. The lowest BCUT2D eigenvalue weighted by molar-refractivity contribution is -0.134. The summed E-state index contributed by atoms with van der Waals surface area (Å²) in [4.78, 5) is 16.0. The Labute approximate surface area is 110 Å². The summed E-state index contributed by atoms with van der Waals surface area (Å²) in [6.45, 7) is 8.37. The van der Waals surface area contributed by atoms with Crippen LogP contribution in [0.4, 0.5) is 0 Å². The van der Waals surface area contributed by atoms with Crippen molar-refractivity contribution in [2.45, 2.75) is 33.2 Å². The SMILES string of the molecule is CCN(CC)CC(=O)N1CCS(=O)(=O)CCC1C. The molecule has 106 valence electrons. The molecule has 1 saturated heterocycles. The van der Waals surface area contributed by atoms with E-state index in [-0.39, 0.29) is 23.5 Å². The van der Waals surface area contributed by atoms with Crippen molar-refractivity contribution in [2.75, 3.05) is 37.7 Å². The van der Waals surface area contributed by atoms with Crippen LogP contribution in [-0.2, 0) is 14.6 Å². The second-order valence-electron chi connectivity index (χ2n) is 4.84. The molecule has 1 aliphatic heterocycles. The molecule has 0 radical (unpaired) electrons. The number of hydrogen-bond donors (Lipinski definition) is 0. The van der Waals surface area contributed by atoms with Gasteiger partial charge in [0.25, 0.3) is 0 Å². The second kappa shape index (κ2) is 6.52. The second-order valence-corrected chi connectivity index (χ2v) is 7.14. The van der Waals surface area contributed by atoms with E-state index < -0.39 is 9.84 Å². The van der Waals surface area contributed by atoms with Crippen LogP contribution in [0.5, 0.6) is 0 Å². The molecular formula is C12H24N2O3S. The lowest BCUT2D eigenvalue weighted by Gasteiger charge is -2.29. The molecule has 5 nitrogen and oxygen atoms in total. The van der Waals surface area contributed by atoms with Gasteiger partial charge in [0.2, 0.25) is 5.91 Å². The first-order valence-electron chi connectivity index (χ1n) is 6.61. The summed E-state index contributed by atoms with van der Waals surface area (Å²) in [5, 5.41) is 0. The van der Waals surface area contributed by atoms with Gasteiger partial charge in [-0.05, 0) is 26.4 Å². The first-order chi connectivity index (χ1) is 8.39. The van der Waals surface area contributed by atoms with E-state index in [1.54, 1.807) is 4.90 Å². The average molecular weight is 276 g/mol. The Bertz CT molecular complexity index is 377. The normalized spacial score (nSPS) is 24.0. The van der Waals surface area contributed by atoms with Gasteiger partial charge < -0.3 is 4.90 Å². The van der Waals surface area contributed by atoms with E-state index in [9.17, 15) is 13.2 Å². The molecule has 1 rings (SSSR count). The van der Waals surface area contributed by atoms with Crippen LogP contribution in [0.2, 0.25) is 0 Å². The zero-order valence-electron chi connectivity index (χ0n) is 11.6. The van der Waals surface area contributed by atoms with Crippen LogP contribution in [0.15, 0.2) is 0 Å². The van der Waals surface area contributed by atoms with Crippen molar-refractivity contribution >= 4 is 15.7 Å². The summed E-state index contributed by atoms with van der Waals surface area (Å²) in [5.41, 5.74) is 0. The molecule has 0 aromatic heterocycles. The zero-order chi connectivity index (χ0) is 13.8. The fourth-order valence-corrected chi connectivity index (χ4v) is 3.54. The zero-order valence-corrected chi connectivity index (χ0v) is 12.4. The van der Waals surface area contributed by atoms with E-state index in [2.05, 4.69) is 4.90 Å². The van der Waals surface area contributed by atoms with E-state index in [4.69, 9.17) is 0 Å². The van der Waals surface area contributed by atoms with Gasteiger partial charge in [-0.15, -0.1) is 0 Å². The maximum atomic E-state index is 12.2. The summed E-state index contributed by atoms with van der Waals surface area (Å²) in [6.07, 6.45) is 0.548. The summed E-state index contributed by atoms with van der Waals surface area (Å²) in [7, 11) is -2.97. The minimum absolute atomic E-state index is 0.0188. The van der Waals surface area contributed by atoms with E-state index in [1.165, 1.54) is 0 Å². The Morgan fingerprint density at radius 3 is 2.44 bits per heavy atom. The first-order valence-corrected chi connectivity index (χ1v) is 8.44. The molecule has 0 spiro atoms. The van der Waals surface area contributed by atoms with Crippen LogP contribution in [0, 0.1) is 0 Å². The fourth-order valence-electron chi connectivity index (χ4n) is 2.17. The van der Waals surface area contributed by atoms with Gasteiger partial charge in [0.15, 0.2) is 9.84 Å². The van der Waals surface area contributed by atoms with E-state index in [0.29, 0.717) is 19.5 Å². The number of nitrogens with zero attached hydrogens (tertiary/aromatic N) is 2. The first kappa shape index (κ1) is 15.4. The molecule has 1 fully saturated rings. The summed E-state index contributed by atoms with van der Waals surface area (Å²) >= 11 is 0. The molecule has 18 heavy (non-hydrogen) atoms. The average Bonchev–Trinajstić information content (AvgIpc) is 2.46. The van der Waals surface area contributed by atoms with Crippen molar-refractivity contribution < 1.29 is 13.2 Å². The number of rotatable bonds is 4. The molecule has 1 unspecified atom stereocenters. The van der Waals surface area contributed by atoms with Crippen molar-refractivity contribution in [1.82, 2.24) is 9.80 Å². The minimum atomic E-state index is -2.97. The van der Waals surface area contributed by atoms with Gasteiger partial charge in [0, 0.05) is 12.6 Å². The number of amides is 1. The number of carbonyl (C=O) groups excluding carboxylic acids is 1. The Balaban J connectivity index is 2.66. The van der Waals surface area contributed by atoms with Gasteiger partial charge in [-0.2, -0.15) is 0 Å². The Morgan fingerprint density at radius 1 is 1.28 bits per heavy atom. The van der Waals surface area contributed by atoms with Gasteiger partial charge in [0.05, 0.1) is 18.1 Å². The van der Waals surface area contributed by atoms with Crippen molar-refractivity contribution in [3.63, 3.8) is 0 Å². The third-order valence-electron chi connectivity index (χ3n) is 3.60. The maximum absolute atomic E-state index is 12.2. The van der Waals surface area contributed by atoms with E-state index in [0.717, 1.165) is 13.1 Å². The monoisotopic (exact) mass is 276 g/mol. The standard InChI is InChI=1S/C12H24N2O3S/c1-4-13(5-2)10-12(15)14-7-9-18(16,17)8-6-11(14)3/h11H,4-10H2,1-3H3. The lowest BCUT2D eigenvalue weighted by Crippen LogP contribution is -2.45. The highest BCUT2D eigenvalue weighted by atomic mass is 32.2. The van der Waals surface area contributed by atoms with Crippen LogP contribution in [0.25, 0.3) is 0 Å². The molecular weight excluding hydrogens is 252 g/mol. The Hall–Kier alpha value is -0.620. The molecule has 0 aliphatic carbocycles. The largest absolute Gasteiger partial charge is 0.338 e. The Kier molecular flexibility index (Phi) is 5.59. The minimum Gasteiger partial charge on any atom is -0.338 e. The number of carbonyl (C=O) groups is 1. The summed E-state index contributed by atoms with van der Waals surface area (Å²) in [6, 6.07) is 0.0188. The van der Waals surface area contributed by atoms with Crippen LogP contribution in [-0.4, -0.2) is 67.9 Å². The van der Waals surface area contributed by atoms with Crippen molar-refractivity contribution in [3.05, 3.63) is 0 Å². The van der Waals surface area contributed by atoms with Gasteiger partial charge in [-0.25, -0.2) is 8.42 Å². The van der Waals surface area contributed by atoms with Crippen molar-refractivity contribution in [2.24, 2.45) is 0 Å². The predicted molar refractivity (Wildman–Crippen MR) is 72.2 cm³/mol. The molecule has 0 N–H and O–H groups in total. The molecule has 6 heteroatoms. The van der Waals surface area contributed by atoms with Crippen LogP contribution in [0.3, 0.4) is 0 Å². The highest BCUT2D eigenvalue weighted by Gasteiger charge is 2.28. The van der Waals surface area contributed by atoms with E-state index >= 15 is 0 Å². The smallest absolute Gasteiger partial charge is 0.237 e. The molecule has 1 amide bonds. The Morgan fingerprint density at radius 2 is 1.89 bits per heavy atom. The topological polar surface area (TPSA) is 57.7 Å². The highest BCUT2D eigenvalue weighted by molar-refractivity contribution is 7.91. The fraction of sp³-hybridized carbons (Fsp3) is 0.917. The molecule has 1 atom stereocenters. The number of likely N-dealkylation sites (N-methyl/N-ethyl adjacent to an activating group) is 1.